The van der Waals surface area contributed by atoms with Gasteiger partial charge in [-0.1, -0.05) is 18.6 Å². The van der Waals surface area contributed by atoms with Gasteiger partial charge in [-0.3, -0.25) is 0 Å². The molecule has 0 rings (SSSR count). The summed E-state index contributed by atoms with van der Waals surface area (Å²) >= 11 is 4.67. The standard InChI is InChI=1S/C7H14OS/c1-8-6-4-2-3-5-7-9/h7H,2-6H2,1H3. The Hall–Kier alpha value is 0.0500. The van der Waals surface area contributed by atoms with Crippen molar-refractivity contribution in [3.63, 3.8) is 0 Å². The lowest BCUT2D eigenvalue weighted by Gasteiger charge is -1.95. The normalized spacial score (nSPS) is 9.44. The van der Waals surface area contributed by atoms with Gasteiger partial charge in [-0.25, -0.2) is 0 Å². The molecule has 0 aliphatic heterocycles. The largest absolute Gasteiger partial charge is 0.385 e. The molecule has 9 heavy (non-hydrogen) atoms. The van der Waals surface area contributed by atoms with Crippen LogP contribution in [-0.4, -0.2) is 19.1 Å². The van der Waals surface area contributed by atoms with Crippen molar-refractivity contribution >= 4 is 17.6 Å². The van der Waals surface area contributed by atoms with Crippen molar-refractivity contribution in [3.8, 4) is 0 Å². The van der Waals surface area contributed by atoms with Crippen molar-refractivity contribution in [1.29, 1.82) is 0 Å². The van der Waals surface area contributed by atoms with Crippen LogP contribution in [-0.2, 0) is 4.74 Å². The number of methoxy groups -OCH3 is 1. The van der Waals surface area contributed by atoms with Gasteiger partial charge in [0.1, 0.15) is 0 Å². The number of unbranched alkanes of at least 4 members (excludes halogenated alkanes) is 3. The predicted molar refractivity (Wildman–Crippen MR) is 44.0 cm³/mol. The molecule has 2 heteroatoms. The van der Waals surface area contributed by atoms with Crippen LogP contribution in [0.5, 0.6) is 0 Å². The van der Waals surface area contributed by atoms with Crippen LogP contribution in [0.2, 0.25) is 0 Å². The molecule has 0 heterocycles. The highest BCUT2D eigenvalue weighted by molar-refractivity contribution is 7.78. The maximum Gasteiger partial charge on any atom is 0.0462 e. The SMILES string of the molecule is COCCCCCC=S. The average Bonchev–Trinajstić information content (AvgIpc) is 1.89. The van der Waals surface area contributed by atoms with Crippen LogP contribution in [0.1, 0.15) is 25.7 Å². The van der Waals surface area contributed by atoms with E-state index < -0.39 is 0 Å². The third kappa shape index (κ3) is 8.05. The monoisotopic (exact) mass is 146 g/mol. The molecule has 0 saturated carbocycles. The predicted octanol–water partition coefficient (Wildman–Crippen LogP) is 2.19. The van der Waals surface area contributed by atoms with Crippen molar-refractivity contribution in [1.82, 2.24) is 0 Å². The number of hydrogen-bond acceptors (Lipinski definition) is 2. The fourth-order valence-corrected chi connectivity index (χ4v) is 0.818. The molecule has 54 valence electrons. The Morgan fingerprint density at radius 1 is 1.33 bits per heavy atom. The molecule has 0 saturated heterocycles. The Balaban J connectivity index is 2.66. The first-order valence-corrected chi connectivity index (χ1v) is 3.81. The van der Waals surface area contributed by atoms with Crippen LogP contribution in [0, 0.1) is 0 Å². The summed E-state index contributed by atoms with van der Waals surface area (Å²) < 4.78 is 4.89. The molecule has 0 aromatic heterocycles. The van der Waals surface area contributed by atoms with E-state index in [1.165, 1.54) is 19.3 Å². The zero-order valence-electron chi connectivity index (χ0n) is 5.93. The summed E-state index contributed by atoms with van der Waals surface area (Å²) in [6.45, 7) is 0.886. The van der Waals surface area contributed by atoms with E-state index in [-0.39, 0.29) is 0 Å². The number of ether oxygens (including phenoxy) is 1. The first kappa shape index (κ1) is 9.05. The van der Waals surface area contributed by atoms with Crippen molar-refractivity contribution in [2.24, 2.45) is 0 Å². The lowest BCUT2D eigenvalue weighted by Crippen LogP contribution is -1.87. The van der Waals surface area contributed by atoms with E-state index in [9.17, 15) is 0 Å². The van der Waals surface area contributed by atoms with Gasteiger partial charge < -0.3 is 4.74 Å². The maximum atomic E-state index is 4.89. The molecular formula is C7H14OS. The van der Waals surface area contributed by atoms with Crippen molar-refractivity contribution < 1.29 is 4.74 Å². The minimum atomic E-state index is 0.886. The van der Waals surface area contributed by atoms with E-state index in [1.807, 2.05) is 0 Å². The fourth-order valence-electron chi connectivity index (χ4n) is 0.651. The van der Waals surface area contributed by atoms with Gasteiger partial charge in [0.15, 0.2) is 0 Å². The smallest absolute Gasteiger partial charge is 0.0462 e. The third-order valence-electron chi connectivity index (χ3n) is 1.17. The Morgan fingerprint density at radius 3 is 2.67 bits per heavy atom. The summed E-state index contributed by atoms with van der Waals surface area (Å²) in [5, 5.41) is 1.80. The molecule has 0 aliphatic carbocycles. The van der Waals surface area contributed by atoms with Crippen LogP contribution >= 0.6 is 12.2 Å². The van der Waals surface area contributed by atoms with E-state index in [1.54, 1.807) is 12.5 Å². The van der Waals surface area contributed by atoms with Gasteiger partial charge in [0.05, 0.1) is 0 Å². The van der Waals surface area contributed by atoms with E-state index in [2.05, 4.69) is 12.2 Å². The summed E-state index contributed by atoms with van der Waals surface area (Å²) in [5.41, 5.74) is 0. The second-order valence-corrected chi connectivity index (χ2v) is 2.34. The molecule has 0 aromatic carbocycles. The van der Waals surface area contributed by atoms with Crippen molar-refractivity contribution in [2.45, 2.75) is 25.7 Å². The van der Waals surface area contributed by atoms with Crippen LogP contribution in [0.4, 0.5) is 0 Å². The Labute approximate surface area is 62.4 Å². The highest BCUT2D eigenvalue weighted by atomic mass is 32.1. The number of rotatable bonds is 6. The molecule has 0 aromatic rings. The molecule has 0 fully saturated rings. The summed E-state index contributed by atoms with van der Waals surface area (Å²) in [6.07, 6.45) is 4.69. The lowest BCUT2D eigenvalue weighted by molar-refractivity contribution is 0.192. The van der Waals surface area contributed by atoms with Crippen molar-refractivity contribution in [3.05, 3.63) is 0 Å². The zero-order valence-corrected chi connectivity index (χ0v) is 6.75. The summed E-state index contributed by atoms with van der Waals surface area (Å²) in [4.78, 5) is 0. The molecule has 1 nitrogen and oxygen atoms in total. The van der Waals surface area contributed by atoms with Crippen LogP contribution in [0.25, 0.3) is 0 Å². The number of thiocarbonyl (C=S) groups is 1. The molecule has 0 radical (unpaired) electrons. The highest BCUT2D eigenvalue weighted by Gasteiger charge is 1.84. The average molecular weight is 146 g/mol. The zero-order chi connectivity index (χ0) is 6.95. The molecule has 0 atom stereocenters. The van der Waals surface area contributed by atoms with Gasteiger partial charge in [-0.15, -0.1) is 0 Å². The van der Waals surface area contributed by atoms with Crippen LogP contribution in [0.3, 0.4) is 0 Å². The Kier molecular flexibility index (Phi) is 8.09. The van der Waals surface area contributed by atoms with Crippen molar-refractivity contribution in [2.75, 3.05) is 13.7 Å². The van der Waals surface area contributed by atoms with E-state index in [4.69, 9.17) is 4.74 Å². The maximum absolute atomic E-state index is 4.89. The second-order valence-electron chi connectivity index (χ2n) is 2.01. The van der Waals surface area contributed by atoms with Gasteiger partial charge in [-0.2, -0.15) is 0 Å². The molecule has 0 bridgehead atoms. The molecule has 0 aliphatic rings. The third-order valence-corrected chi connectivity index (χ3v) is 1.41. The van der Waals surface area contributed by atoms with E-state index >= 15 is 0 Å². The first-order valence-electron chi connectivity index (χ1n) is 3.34. The van der Waals surface area contributed by atoms with Gasteiger partial charge in [0, 0.05) is 13.7 Å². The Morgan fingerprint density at radius 2 is 2.11 bits per heavy atom. The van der Waals surface area contributed by atoms with Gasteiger partial charge in [0.2, 0.25) is 0 Å². The molecule has 0 N–H and O–H groups in total. The van der Waals surface area contributed by atoms with E-state index in [0.717, 1.165) is 13.0 Å². The van der Waals surface area contributed by atoms with Gasteiger partial charge >= 0.3 is 0 Å². The molecule has 0 unspecified atom stereocenters. The Bertz CT molecular complexity index is 63.9. The van der Waals surface area contributed by atoms with Crippen LogP contribution in [0.15, 0.2) is 0 Å². The molecular weight excluding hydrogens is 132 g/mol. The fraction of sp³-hybridized carbons (Fsp3) is 0.857. The van der Waals surface area contributed by atoms with Gasteiger partial charge in [0.25, 0.3) is 0 Å². The minimum Gasteiger partial charge on any atom is -0.385 e. The summed E-state index contributed by atoms with van der Waals surface area (Å²) in [7, 11) is 1.74. The first-order chi connectivity index (χ1) is 4.41. The minimum absolute atomic E-state index is 0.886. The highest BCUT2D eigenvalue weighted by Crippen LogP contribution is 1.97. The van der Waals surface area contributed by atoms with Gasteiger partial charge in [-0.05, 0) is 24.6 Å². The summed E-state index contributed by atoms with van der Waals surface area (Å²) in [5.74, 6) is 0. The molecule has 0 amide bonds. The number of hydrogen-bond donors (Lipinski definition) is 0. The van der Waals surface area contributed by atoms with Crippen LogP contribution < -0.4 is 0 Å². The quantitative estimate of drug-likeness (QED) is 0.419. The molecule has 0 spiro atoms. The second kappa shape index (κ2) is 8.05. The van der Waals surface area contributed by atoms with E-state index in [0.29, 0.717) is 0 Å². The lowest BCUT2D eigenvalue weighted by atomic mass is 10.2. The topological polar surface area (TPSA) is 9.23 Å². The summed E-state index contributed by atoms with van der Waals surface area (Å²) in [6, 6.07) is 0.